The monoisotopic (exact) mass is 360 g/mol. The van der Waals surface area contributed by atoms with Crippen LogP contribution in [0.2, 0.25) is 0 Å². The Hall–Kier alpha value is -2.62. The number of hydrogen-bond acceptors (Lipinski definition) is 2. The lowest BCUT2D eigenvalue weighted by molar-refractivity contribution is -0.123. The van der Waals surface area contributed by atoms with Gasteiger partial charge in [-0.2, -0.15) is 0 Å². The van der Waals surface area contributed by atoms with Crippen molar-refractivity contribution >= 4 is 17.5 Å². The Labute approximate surface area is 159 Å². The summed E-state index contributed by atoms with van der Waals surface area (Å²) in [6.07, 6.45) is 4.45. The summed E-state index contributed by atoms with van der Waals surface area (Å²) in [4.78, 5) is 24.4. The van der Waals surface area contributed by atoms with Crippen LogP contribution in [0.3, 0.4) is 0 Å². The molecule has 3 atom stereocenters. The molecule has 3 aliphatic rings. The molecule has 5 rings (SSSR count). The van der Waals surface area contributed by atoms with E-state index in [9.17, 15) is 9.59 Å². The smallest absolute Gasteiger partial charge is 0.224 e. The number of carbonyl (C=O) groups excluding carboxylic acids is 2. The molecular weight excluding hydrogens is 336 g/mol. The van der Waals surface area contributed by atoms with Gasteiger partial charge in [-0.1, -0.05) is 36.4 Å². The van der Waals surface area contributed by atoms with E-state index in [4.69, 9.17) is 0 Å². The Morgan fingerprint density at radius 2 is 2.00 bits per heavy atom. The number of aryl methyl sites for hydroxylation is 2. The van der Waals surface area contributed by atoms with E-state index in [-0.39, 0.29) is 29.2 Å². The normalized spacial score (nSPS) is 26.1. The van der Waals surface area contributed by atoms with E-state index < -0.39 is 0 Å². The Morgan fingerprint density at radius 1 is 1.15 bits per heavy atom. The molecule has 2 amide bonds. The summed E-state index contributed by atoms with van der Waals surface area (Å²) in [6.45, 7) is 2.04. The van der Waals surface area contributed by atoms with Gasteiger partial charge in [0.05, 0.1) is 6.04 Å². The second kappa shape index (κ2) is 5.95. The van der Waals surface area contributed by atoms with Gasteiger partial charge in [-0.05, 0) is 60.9 Å². The van der Waals surface area contributed by atoms with Crippen molar-refractivity contribution in [3.05, 3.63) is 64.7 Å². The van der Waals surface area contributed by atoms with Crippen LogP contribution in [0.15, 0.2) is 42.5 Å². The second-order valence-corrected chi connectivity index (χ2v) is 8.27. The molecule has 138 valence electrons. The Kier molecular flexibility index (Phi) is 3.64. The molecular formula is C23H24N2O2. The van der Waals surface area contributed by atoms with Crippen molar-refractivity contribution in [2.75, 3.05) is 5.32 Å². The lowest BCUT2D eigenvalue weighted by atomic mass is 9.94. The fourth-order valence-corrected chi connectivity index (χ4v) is 5.01. The van der Waals surface area contributed by atoms with Crippen molar-refractivity contribution in [2.24, 2.45) is 5.92 Å². The van der Waals surface area contributed by atoms with Gasteiger partial charge in [0.2, 0.25) is 11.8 Å². The Morgan fingerprint density at radius 3 is 2.89 bits per heavy atom. The highest BCUT2D eigenvalue weighted by atomic mass is 16.2. The largest absolute Gasteiger partial charge is 0.349 e. The van der Waals surface area contributed by atoms with E-state index in [0.717, 1.165) is 42.5 Å². The third-order valence-corrected chi connectivity index (χ3v) is 6.67. The molecule has 27 heavy (non-hydrogen) atoms. The minimum atomic E-state index is -0.0327. The highest BCUT2D eigenvalue weighted by molar-refractivity contribution is 5.94. The minimum absolute atomic E-state index is 0.0327. The van der Waals surface area contributed by atoms with Crippen molar-refractivity contribution in [1.82, 2.24) is 5.32 Å². The highest BCUT2D eigenvalue weighted by Crippen LogP contribution is 2.61. The molecule has 4 heteroatoms. The van der Waals surface area contributed by atoms with Crippen molar-refractivity contribution in [3.63, 3.8) is 0 Å². The standard InChI is InChI=1S/C23H24N2O2/c1-14(16-6-8-20-17(12-16)7-9-21(26)25-20)24-22(27)19-13-23(19)11-10-15-4-2-3-5-18(15)23/h2-6,8,12,14,19H,7,9-11,13H2,1H3,(H,24,27)(H,25,26). The first-order chi connectivity index (χ1) is 13.1. The summed E-state index contributed by atoms with van der Waals surface area (Å²) in [5, 5.41) is 6.14. The van der Waals surface area contributed by atoms with Gasteiger partial charge in [-0.15, -0.1) is 0 Å². The zero-order chi connectivity index (χ0) is 18.6. The second-order valence-electron chi connectivity index (χ2n) is 8.27. The maximum Gasteiger partial charge on any atom is 0.224 e. The van der Waals surface area contributed by atoms with Gasteiger partial charge in [-0.3, -0.25) is 9.59 Å². The molecule has 0 saturated heterocycles. The van der Waals surface area contributed by atoms with E-state index in [2.05, 4.69) is 41.0 Å². The summed E-state index contributed by atoms with van der Waals surface area (Å²) < 4.78 is 0. The number of hydrogen-bond donors (Lipinski definition) is 2. The Balaban J connectivity index is 1.29. The summed E-state index contributed by atoms with van der Waals surface area (Å²) in [5.41, 5.74) is 6.04. The van der Waals surface area contributed by atoms with E-state index in [1.54, 1.807) is 0 Å². The molecule has 1 heterocycles. The van der Waals surface area contributed by atoms with Gasteiger partial charge in [0, 0.05) is 23.4 Å². The van der Waals surface area contributed by atoms with Crippen LogP contribution in [0.25, 0.3) is 0 Å². The van der Waals surface area contributed by atoms with E-state index >= 15 is 0 Å². The molecule has 1 fully saturated rings. The molecule has 2 N–H and O–H groups in total. The van der Waals surface area contributed by atoms with Gasteiger partial charge in [0.15, 0.2) is 0 Å². The molecule has 1 spiro atoms. The number of rotatable bonds is 3. The molecule has 0 radical (unpaired) electrons. The number of fused-ring (bicyclic) bond motifs is 3. The van der Waals surface area contributed by atoms with E-state index in [0.29, 0.717) is 6.42 Å². The maximum atomic E-state index is 12.9. The number of amides is 2. The molecule has 1 aliphatic heterocycles. The van der Waals surface area contributed by atoms with Gasteiger partial charge in [0.1, 0.15) is 0 Å². The summed E-state index contributed by atoms with van der Waals surface area (Å²) in [5.74, 6) is 0.346. The summed E-state index contributed by atoms with van der Waals surface area (Å²) in [7, 11) is 0. The number of carbonyl (C=O) groups is 2. The first-order valence-electron chi connectivity index (χ1n) is 9.88. The van der Waals surface area contributed by atoms with E-state index in [1.807, 2.05) is 19.1 Å². The molecule has 4 nitrogen and oxygen atoms in total. The molecule has 3 unspecified atom stereocenters. The molecule has 2 aromatic rings. The first-order valence-corrected chi connectivity index (χ1v) is 9.88. The van der Waals surface area contributed by atoms with Crippen LogP contribution in [-0.4, -0.2) is 11.8 Å². The summed E-state index contributed by atoms with van der Waals surface area (Å²) in [6, 6.07) is 14.6. The third kappa shape index (κ3) is 2.66. The maximum absolute atomic E-state index is 12.9. The van der Waals surface area contributed by atoms with E-state index in [1.165, 1.54) is 11.1 Å². The van der Waals surface area contributed by atoms with Crippen LogP contribution in [0.1, 0.15) is 54.5 Å². The molecule has 0 bridgehead atoms. The van der Waals surface area contributed by atoms with Crippen molar-refractivity contribution in [2.45, 2.75) is 50.5 Å². The number of nitrogens with one attached hydrogen (secondary N) is 2. The van der Waals surface area contributed by atoms with Crippen LogP contribution in [0.4, 0.5) is 5.69 Å². The number of anilines is 1. The predicted octanol–water partition coefficient (Wildman–Crippen LogP) is 3.65. The minimum Gasteiger partial charge on any atom is -0.349 e. The van der Waals surface area contributed by atoms with Gasteiger partial charge in [-0.25, -0.2) is 0 Å². The topological polar surface area (TPSA) is 58.2 Å². The molecule has 0 aromatic heterocycles. The lowest BCUT2D eigenvalue weighted by Gasteiger charge is -2.21. The Bertz CT molecular complexity index is 951. The van der Waals surface area contributed by atoms with Gasteiger partial charge >= 0.3 is 0 Å². The van der Waals surface area contributed by atoms with Crippen LogP contribution in [0.5, 0.6) is 0 Å². The highest BCUT2D eigenvalue weighted by Gasteiger charge is 2.61. The lowest BCUT2D eigenvalue weighted by Crippen LogP contribution is -2.30. The zero-order valence-corrected chi connectivity index (χ0v) is 15.5. The quantitative estimate of drug-likeness (QED) is 0.878. The summed E-state index contributed by atoms with van der Waals surface area (Å²) >= 11 is 0. The van der Waals surface area contributed by atoms with Crippen LogP contribution in [-0.2, 0) is 27.8 Å². The average molecular weight is 360 g/mol. The predicted molar refractivity (Wildman–Crippen MR) is 104 cm³/mol. The zero-order valence-electron chi connectivity index (χ0n) is 15.5. The molecule has 2 aromatic carbocycles. The molecule has 1 saturated carbocycles. The number of benzene rings is 2. The average Bonchev–Trinajstić information content (AvgIpc) is 3.30. The van der Waals surface area contributed by atoms with Crippen molar-refractivity contribution in [1.29, 1.82) is 0 Å². The van der Waals surface area contributed by atoms with Crippen LogP contribution in [0, 0.1) is 5.92 Å². The SMILES string of the molecule is CC(NC(=O)C1CC12CCc1ccccc12)c1ccc2c(c1)CCC(=O)N2. The fraction of sp³-hybridized carbons (Fsp3) is 0.391. The first kappa shape index (κ1) is 16.5. The van der Waals surface area contributed by atoms with Crippen molar-refractivity contribution < 1.29 is 9.59 Å². The third-order valence-electron chi connectivity index (χ3n) is 6.67. The fourth-order valence-electron chi connectivity index (χ4n) is 5.01. The molecule has 2 aliphatic carbocycles. The van der Waals surface area contributed by atoms with Crippen LogP contribution >= 0.6 is 0 Å². The van der Waals surface area contributed by atoms with Crippen LogP contribution < -0.4 is 10.6 Å². The van der Waals surface area contributed by atoms with Gasteiger partial charge in [0.25, 0.3) is 0 Å². The van der Waals surface area contributed by atoms with Gasteiger partial charge < -0.3 is 10.6 Å². The van der Waals surface area contributed by atoms with Crippen molar-refractivity contribution in [3.8, 4) is 0 Å².